The summed E-state index contributed by atoms with van der Waals surface area (Å²) in [5.41, 5.74) is 0. The van der Waals surface area contributed by atoms with Gasteiger partial charge in [0.2, 0.25) is 5.91 Å². The summed E-state index contributed by atoms with van der Waals surface area (Å²) >= 11 is 0. The maximum atomic E-state index is 11.1. The van der Waals surface area contributed by atoms with Crippen LogP contribution in [0.25, 0.3) is 0 Å². The molecule has 0 unspecified atom stereocenters. The SMILES string of the molecule is CC(C)COCNC(=O)CC(C)C. The summed E-state index contributed by atoms with van der Waals surface area (Å²) < 4.78 is 5.22. The van der Waals surface area contributed by atoms with Gasteiger partial charge < -0.3 is 10.1 Å². The van der Waals surface area contributed by atoms with Crippen LogP contribution in [0.1, 0.15) is 34.1 Å². The van der Waals surface area contributed by atoms with E-state index in [4.69, 9.17) is 4.74 Å². The Morgan fingerprint density at radius 3 is 2.31 bits per heavy atom. The largest absolute Gasteiger partial charge is 0.361 e. The van der Waals surface area contributed by atoms with Gasteiger partial charge in [0.05, 0.1) is 6.61 Å². The van der Waals surface area contributed by atoms with Crippen molar-refractivity contribution >= 4 is 5.91 Å². The second kappa shape index (κ2) is 6.89. The minimum absolute atomic E-state index is 0.0683. The molecule has 13 heavy (non-hydrogen) atoms. The van der Waals surface area contributed by atoms with E-state index >= 15 is 0 Å². The molecular weight excluding hydrogens is 166 g/mol. The van der Waals surface area contributed by atoms with E-state index in [1.807, 2.05) is 13.8 Å². The number of hydrogen-bond donors (Lipinski definition) is 1. The Labute approximate surface area is 80.8 Å². The zero-order valence-electron chi connectivity index (χ0n) is 9.09. The molecule has 1 N–H and O–H groups in total. The molecule has 0 aromatic rings. The van der Waals surface area contributed by atoms with Crippen LogP contribution >= 0.6 is 0 Å². The van der Waals surface area contributed by atoms with Gasteiger partial charge in [0.1, 0.15) is 6.73 Å². The van der Waals surface area contributed by atoms with E-state index in [9.17, 15) is 4.79 Å². The Morgan fingerprint density at radius 1 is 1.23 bits per heavy atom. The molecule has 0 aromatic carbocycles. The quantitative estimate of drug-likeness (QED) is 0.508. The predicted octanol–water partition coefficient (Wildman–Crippen LogP) is 1.78. The molecule has 0 radical (unpaired) electrons. The van der Waals surface area contributed by atoms with E-state index in [1.165, 1.54) is 0 Å². The molecule has 0 atom stereocenters. The topological polar surface area (TPSA) is 38.3 Å². The van der Waals surface area contributed by atoms with Crippen molar-refractivity contribution in [1.82, 2.24) is 5.32 Å². The number of hydrogen-bond acceptors (Lipinski definition) is 2. The lowest BCUT2D eigenvalue weighted by molar-refractivity contribution is -0.123. The van der Waals surface area contributed by atoms with Crippen LogP contribution in [0, 0.1) is 11.8 Å². The van der Waals surface area contributed by atoms with E-state index in [0.29, 0.717) is 31.6 Å². The first-order valence-electron chi connectivity index (χ1n) is 4.86. The maximum Gasteiger partial charge on any atom is 0.222 e. The van der Waals surface area contributed by atoms with Crippen LogP contribution in [-0.2, 0) is 9.53 Å². The Hall–Kier alpha value is -0.570. The van der Waals surface area contributed by atoms with Crippen LogP contribution in [0.3, 0.4) is 0 Å². The van der Waals surface area contributed by atoms with Crippen molar-refractivity contribution in [3.63, 3.8) is 0 Å². The highest BCUT2D eigenvalue weighted by Gasteiger charge is 2.03. The summed E-state index contributed by atoms with van der Waals surface area (Å²) in [7, 11) is 0. The monoisotopic (exact) mass is 187 g/mol. The molecule has 0 bridgehead atoms. The summed E-state index contributed by atoms with van der Waals surface area (Å²) in [4.78, 5) is 11.1. The number of rotatable bonds is 6. The van der Waals surface area contributed by atoms with Gasteiger partial charge in [0, 0.05) is 6.42 Å². The zero-order valence-corrected chi connectivity index (χ0v) is 9.09. The summed E-state index contributed by atoms with van der Waals surface area (Å²) in [5, 5.41) is 2.71. The van der Waals surface area contributed by atoms with Crippen molar-refractivity contribution in [2.75, 3.05) is 13.3 Å². The van der Waals surface area contributed by atoms with Gasteiger partial charge in [-0.2, -0.15) is 0 Å². The van der Waals surface area contributed by atoms with Crippen LogP contribution in [0.15, 0.2) is 0 Å². The minimum atomic E-state index is 0.0683. The average molecular weight is 187 g/mol. The third-order valence-corrected chi connectivity index (χ3v) is 1.42. The fourth-order valence-corrected chi connectivity index (χ4v) is 0.869. The molecule has 0 fully saturated rings. The van der Waals surface area contributed by atoms with Gasteiger partial charge in [-0.15, -0.1) is 0 Å². The highest BCUT2D eigenvalue weighted by molar-refractivity contribution is 5.75. The second-order valence-electron chi connectivity index (χ2n) is 4.11. The Bertz CT molecular complexity index is 144. The lowest BCUT2D eigenvalue weighted by Gasteiger charge is -2.09. The van der Waals surface area contributed by atoms with Crippen LogP contribution < -0.4 is 5.32 Å². The van der Waals surface area contributed by atoms with Crippen molar-refractivity contribution in [2.24, 2.45) is 11.8 Å². The van der Waals surface area contributed by atoms with Crippen molar-refractivity contribution in [3.05, 3.63) is 0 Å². The highest BCUT2D eigenvalue weighted by Crippen LogP contribution is 1.97. The Kier molecular flexibility index (Phi) is 6.59. The minimum Gasteiger partial charge on any atom is -0.361 e. The molecule has 0 aliphatic carbocycles. The van der Waals surface area contributed by atoms with Gasteiger partial charge in [0.25, 0.3) is 0 Å². The first-order valence-corrected chi connectivity index (χ1v) is 4.86. The zero-order chi connectivity index (χ0) is 10.3. The average Bonchev–Trinajstić information content (AvgIpc) is 1.96. The van der Waals surface area contributed by atoms with Gasteiger partial charge in [0.15, 0.2) is 0 Å². The number of carbonyl (C=O) groups is 1. The van der Waals surface area contributed by atoms with Gasteiger partial charge in [-0.25, -0.2) is 0 Å². The standard InChI is InChI=1S/C10H21NO2/c1-8(2)5-10(12)11-7-13-6-9(3)4/h8-9H,5-7H2,1-4H3,(H,11,12). The molecule has 0 aliphatic heterocycles. The van der Waals surface area contributed by atoms with Crippen LogP contribution in [0.2, 0.25) is 0 Å². The van der Waals surface area contributed by atoms with Crippen molar-refractivity contribution < 1.29 is 9.53 Å². The van der Waals surface area contributed by atoms with E-state index in [-0.39, 0.29) is 5.91 Å². The molecule has 0 aromatic heterocycles. The van der Waals surface area contributed by atoms with E-state index in [1.54, 1.807) is 0 Å². The first kappa shape index (κ1) is 12.4. The third kappa shape index (κ3) is 9.34. The van der Waals surface area contributed by atoms with E-state index in [2.05, 4.69) is 19.2 Å². The molecule has 3 nitrogen and oxygen atoms in total. The number of carbonyl (C=O) groups excluding carboxylic acids is 1. The van der Waals surface area contributed by atoms with Crippen LogP contribution in [0.5, 0.6) is 0 Å². The van der Waals surface area contributed by atoms with E-state index < -0.39 is 0 Å². The van der Waals surface area contributed by atoms with Crippen molar-refractivity contribution in [2.45, 2.75) is 34.1 Å². The summed E-state index contributed by atoms with van der Waals surface area (Å²) in [5.74, 6) is 0.992. The molecule has 0 rings (SSSR count). The molecule has 0 saturated carbocycles. The number of nitrogens with one attached hydrogen (secondary N) is 1. The van der Waals surface area contributed by atoms with Crippen LogP contribution in [-0.4, -0.2) is 19.2 Å². The molecular formula is C10H21NO2. The second-order valence-corrected chi connectivity index (χ2v) is 4.11. The number of amides is 1. The molecule has 78 valence electrons. The lowest BCUT2D eigenvalue weighted by atomic mass is 10.1. The van der Waals surface area contributed by atoms with Crippen molar-refractivity contribution in [1.29, 1.82) is 0 Å². The fraction of sp³-hybridized carbons (Fsp3) is 0.900. The molecule has 0 spiro atoms. The van der Waals surface area contributed by atoms with Gasteiger partial charge in [-0.3, -0.25) is 4.79 Å². The molecule has 1 amide bonds. The Balaban J connectivity index is 3.27. The molecule has 3 heteroatoms. The summed E-state index contributed by atoms with van der Waals surface area (Å²) in [6, 6.07) is 0. The van der Waals surface area contributed by atoms with Crippen LogP contribution in [0.4, 0.5) is 0 Å². The lowest BCUT2D eigenvalue weighted by Crippen LogP contribution is -2.27. The molecule has 0 saturated heterocycles. The maximum absolute atomic E-state index is 11.1. The van der Waals surface area contributed by atoms with Gasteiger partial charge >= 0.3 is 0 Å². The van der Waals surface area contributed by atoms with E-state index in [0.717, 1.165) is 0 Å². The summed E-state index contributed by atoms with van der Waals surface area (Å²) in [6.45, 7) is 9.24. The predicted molar refractivity (Wildman–Crippen MR) is 53.3 cm³/mol. The highest BCUT2D eigenvalue weighted by atomic mass is 16.5. The summed E-state index contributed by atoms with van der Waals surface area (Å²) in [6.07, 6.45) is 0.574. The fourth-order valence-electron chi connectivity index (χ4n) is 0.869. The van der Waals surface area contributed by atoms with Crippen molar-refractivity contribution in [3.8, 4) is 0 Å². The van der Waals surface area contributed by atoms with Gasteiger partial charge in [-0.05, 0) is 11.8 Å². The Morgan fingerprint density at radius 2 is 1.85 bits per heavy atom. The molecule has 0 aliphatic rings. The molecule has 0 heterocycles. The van der Waals surface area contributed by atoms with Gasteiger partial charge in [-0.1, -0.05) is 27.7 Å². The smallest absolute Gasteiger partial charge is 0.222 e. The third-order valence-electron chi connectivity index (χ3n) is 1.42. The number of ether oxygens (including phenoxy) is 1. The normalized spacial score (nSPS) is 10.9. The first-order chi connectivity index (χ1) is 6.02.